The van der Waals surface area contributed by atoms with Crippen LogP contribution in [0.3, 0.4) is 0 Å². The molecular formula is C26H24N4O6. The van der Waals surface area contributed by atoms with Gasteiger partial charge in [0, 0.05) is 24.6 Å². The first-order valence-corrected chi connectivity index (χ1v) is 11.3. The highest BCUT2D eigenvalue weighted by atomic mass is 16.5. The lowest BCUT2D eigenvalue weighted by molar-refractivity contribution is -0.116. The summed E-state index contributed by atoms with van der Waals surface area (Å²) < 4.78 is 16.0. The second-order valence-electron chi connectivity index (χ2n) is 8.22. The molecule has 0 aliphatic carbocycles. The predicted molar refractivity (Wildman–Crippen MR) is 131 cm³/mol. The highest BCUT2D eigenvalue weighted by Crippen LogP contribution is 2.49. The Morgan fingerprint density at radius 1 is 0.972 bits per heavy atom. The molecule has 10 heteroatoms. The van der Waals surface area contributed by atoms with Gasteiger partial charge in [0.2, 0.25) is 11.8 Å². The number of fused-ring (bicyclic) bond motifs is 5. The van der Waals surface area contributed by atoms with Crippen LogP contribution in [0.25, 0.3) is 0 Å². The maximum atomic E-state index is 13.7. The molecule has 36 heavy (non-hydrogen) atoms. The lowest BCUT2D eigenvalue weighted by Gasteiger charge is -2.40. The van der Waals surface area contributed by atoms with Crippen LogP contribution in [0, 0.1) is 0 Å². The first-order valence-electron chi connectivity index (χ1n) is 11.3. The van der Waals surface area contributed by atoms with E-state index >= 15 is 0 Å². The zero-order chi connectivity index (χ0) is 25.4. The van der Waals surface area contributed by atoms with Gasteiger partial charge in [0.25, 0.3) is 11.8 Å². The summed E-state index contributed by atoms with van der Waals surface area (Å²) in [6.45, 7) is 0.0881. The second-order valence-corrected chi connectivity index (χ2v) is 8.22. The van der Waals surface area contributed by atoms with Gasteiger partial charge in [0.05, 0.1) is 50.0 Å². The van der Waals surface area contributed by atoms with Gasteiger partial charge in [-0.2, -0.15) is 0 Å². The van der Waals surface area contributed by atoms with Gasteiger partial charge in [-0.05, 0) is 24.3 Å². The van der Waals surface area contributed by atoms with Crippen molar-refractivity contribution in [2.45, 2.75) is 12.6 Å². The summed E-state index contributed by atoms with van der Waals surface area (Å²) in [7, 11) is 4.48. The van der Waals surface area contributed by atoms with E-state index in [1.807, 2.05) is 0 Å². The van der Waals surface area contributed by atoms with Gasteiger partial charge < -0.3 is 24.4 Å². The number of carbonyl (C=O) groups excluding carboxylic acids is 3. The van der Waals surface area contributed by atoms with Crippen LogP contribution in [0.5, 0.6) is 17.4 Å². The van der Waals surface area contributed by atoms with Crippen LogP contribution < -0.4 is 24.4 Å². The van der Waals surface area contributed by atoms with E-state index in [4.69, 9.17) is 14.2 Å². The molecule has 0 spiro atoms. The van der Waals surface area contributed by atoms with Crippen LogP contribution in [0.15, 0.2) is 54.7 Å². The molecule has 3 heterocycles. The minimum atomic E-state index is -0.717. The van der Waals surface area contributed by atoms with Crippen molar-refractivity contribution in [3.8, 4) is 17.4 Å². The quantitative estimate of drug-likeness (QED) is 0.544. The Labute approximate surface area is 207 Å². The van der Waals surface area contributed by atoms with Crippen molar-refractivity contribution in [3.05, 3.63) is 71.4 Å². The van der Waals surface area contributed by atoms with Crippen LogP contribution in [-0.4, -0.2) is 55.5 Å². The standard InChI is InChI=1S/C26H24N4O6/c1-34-19-10-9-17-22(23(19)36-3)26(33)30-18-7-5-4-6-16(18)25(32)29(24(17)30)13-12-20(31)28-15-8-11-21(35-2)27-14-15/h4-11,14,24H,12-13H2,1-3H3,(H,28,31). The van der Waals surface area contributed by atoms with Crippen molar-refractivity contribution in [2.75, 3.05) is 38.1 Å². The fraction of sp³-hybridized carbons (Fsp3) is 0.231. The van der Waals surface area contributed by atoms with E-state index in [1.54, 1.807) is 58.3 Å². The van der Waals surface area contributed by atoms with Crippen molar-refractivity contribution >= 4 is 29.1 Å². The molecule has 0 radical (unpaired) electrons. The van der Waals surface area contributed by atoms with Crippen molar-refractivity contribution in [1.82, 2.24) is 9.88 Å². The molecule has 1 N–H and O–H groups in total. The van der Waals surface area contributed by atoms with Crippen molar-refractivity contribution < 1.29 is 28.6 Å². The maximum absolute atomic E-state index is 13.7. The largest absolute Gasteiger partial charge is 0.493 e. The van der Waals surface area contributed by atoms with Gasteiger partial charge in [-0.3, -0.25) is 19.3 Å². The highest BCUT2D eigenvalue weighted by molar-refractivity contribution is 6.18. The zero-order valence-electron chi connectivity index (χ0n) is 20.0. The number of ether oxygens (including phenoxy) is 3. The average molecular weight is 489 g/mol. The van der Waals surface area contributed by atoms with Gasteiger partial charge in [-0.15, -0.1) is 0 Å². The zero-order valence-corrected chi connectivity index (χ0v) is 20.0. The summed E-state index contributed by atoms with van der Waals surface area (Å²) in [4.78, 5) is 47.2. The van der Waals surface area contributed by atoms with E-state index in [-0.39, 0.29) is 30.7 Å². The number of rotatable bonds is 7. The molecule has 0 fully saturated rings. The third-order valence-electron chi connectivity index (χ3n) is 6.29. The molecule has 1 atom stereocenters. The van der Waals surface area contributed by atoms with Crippen molar-refractivity contribution in [3.63, 3.8) is 0 Å². The van der Waals surface area contributed by atoms with Crippen LogP contribution in [0.4, 0.5) is 11.4 Å². The fourth-order valence-corrected chi connectivity index (χ4v) is 4.67. The SMILES string of the molecule is COc1ccc(NC(=O)CCN2C(=O)c3ccccc3N3C(=O)c4c(ccc(OC)c4OC)C23)cn1. The van der Waals surface area contributed by atoms with Crippen molar-refractivity contribution in [1.29, 1.82) is 0 Å². The van der Waals surface area contributed by atoms with Gasteiger partial charge in [0.1, 0.15) is 6.17 Å². The van der Waals surface area contributed by atoms with Crippen LogP contribution in [-0.2, 0) is 4.79 Å². The molecule has 184 valence electrons. The first kappa shape index (κ1) is 23.2. The summed E-state index contributed by atoms with van der Waals surface area (Å²) in [6.07, 6.45) is 0.790. The lowest BCUT2D eigenvalue weighted by Crippen LogP contribution is -2.49. The van der Waals surface area contributed by atoms with Crippen LogP contribution in [0.2, 0.25) is 0 Å². The Hall–Kier alpha value is -4.60. The molecule has 0 bridgehead atoms. The Morgan fingerprint density at radius 2 is 1.78 bits per heavy atom. The Bertz CT molecular complexity index is 1360. The number of nitrogens with zero attached hydrogens (tertiary/aromatic N) is 3. The molecule has 0 saturated carbocycles. The first-order chi connectivity index (χ1) is 17.5. The summed E-state index contributed by atoms with van der Waals surface area (Å²) in [5.74, 6) is 0.303. The van der Waals surface area contributed by atoms with E-state index in [0.29, 0.717) is 45.4 Å². The smallest absolute Gasteiger partial charge is 0.264 e. The third kappa shape index (κ3) is 3.67. The Kier molecular flexibility index (Phi) is 5.93. The van der Waals surface area contributed by atoms with Crippen LogP contribution in [0.1, 0.15) is 38.9 Å². The minimum Gasteiger partial charge on any atom is -0.493 e. The van der Waals surface area contributed by atoms with E-state index in [9.17, 15) is 14.4 Å². The molecule has 5 rings (SSSR count). The topological polar surface area (TPSA) is 110 Å². The normalized spacial score (nSPS) is 15.7. The average Bonchev–Trinajstić information content (AvgIpc) is 3.20. The number of hydrogen-bond donors (Lipinski definition) is 1. The number of nitrogens with one attached hydrogen (secondary N) is 1. The molecule has 1 aromatic heterocycles. The van der Waals surface area contributed by atoms with Gasteiger partial charge in [-0.1, -0.05) is 18.2 Å². The molecule has 2 aromatic carbocycles. The number of anilines is 2. The van der Waals surface area contributed by atoms with Crippen molar-refractivity contribution in [2.24, 2.45) is 0 Å². The second kappa shape index (κ2) is 9.21. The number of pyridine rings is 1. The summed E-state index contributed by atoms with van der Waals surface area (Å²) in [5.41, 5.74) is 2.36. The molecule has 0 saturated heterocycles. The Morgan fingerprint density at radius 3 is 2.47 bits per heavy atom. The lowest BCUT2D eigenvalue weighted by atomic mass is 10.0. The Balaban J connectivity index is 1.47. The van der Waals surface area contributed by atoms with Gasteiger partial charge in [0.15, 0.2) is 11.5 Å². The number of benzene rings is 2. The van der Waals surface area contributed by atoms with E-state index in [1.165, 1.54) is 27.5 Å². The summed E-state index contributed by atoms with van der Waals surface area (Å²) >= 11 is 0. The summed E-state index contributed by atoms with van der Waals surface area (Å²) in [5, 5.41) is 2.78. The van der Waals surface area contributed by atoms with Crippen LogP contribution >= 0.6 is 0 Å². The number of aromatic nitrogens is 1. The van der Waals surface area contributed by atoms with E-state index in [0.717, 1.165) is 0 Å². The molecule has 10 nitrogen and oxygen atoms in total. The molecule has 2 aliphatic rings. The predicted octanol–water partition coefficient (Wildman–Crippen LogP) is 3.25. The maximum Gasteiger partial charge on any atom is 0.264 e. The van der Waals surface area contributed by atoms with Gasteiger partial charge in [-0.25, -0.2) is 4.98 Å². The molecular weight excluding hydrogens is 464 g/mol. The third-order valence-corrected chi connectivity index (χ3v) is 6.29. The van der Waals surface area contributed by atoms with E-state index in [2.05, 4.69) is 10.3 Å². The number of hydrogen-bond acceptors (Lipinski definition) is 7. The number of para-hydroxylation sites is 1. The molecule has 3 amide bonds. The number of methoxy groups -OCH3 is 3. The number of amides is 3. The molecule has 2 aliphatic heterocycles. The number of carbonyl (C=O) groups is 3. The highest BCUT2D eigenvalue weighted by Gasteiger charge is 2.49. The summed E-state index contributed by atoms with van der Waals surface area (Å²) in [6, 6.07) is 13.7. The molecule has 3 aromatic rings. The minimum absolute atomic E-state index is 0.0150. The molecule has 1 unspecified atom stereocenters. The fourth-order valence-electron chi connectivity index (χ4n) is 4.67. The van der Waals surface area contributed by atoms with E-state index < -0.39 is 6.17 Å². The monoisotopic (exact) mass is 488 g/mol. The van der Waals surface area contributed by atoms with Gasteiger partial charge >= 0.3 is 0 Å².